The molecular weight excluding hydrogens is 352 g/mol. The number of aryl methyl sites for hydroxylation is 2. The van der Waals surface area contributed by atoms with Crippen LogP contribution in [-0.2, 0) is 0 Å². The average molecular weight is 381 g/mol. The van der Waals surface area contributed by atoms with Crippen molar-refractivity contribution in [3.8, 4) is 0 Å². The van der Waals surface area contributed by atoms with E-state index in [2.05, 4.69) is 42.4 Å². The molecule has 4 heteroatoms. The van der Waals surface area contributed by atoms with Crippen molar-refractivity contribution in [2.24, 2.45) is 4.99 Å². The van der Waals surface area contributed by atoms with Gasteiger partial charge in [-0.1, -0.05) is 68.0 Å². The number of allylic oxidation sites excluding steroid dienone is 1. The molecule has 3 rings (SSSR count). The molecule has 1 aliphatic rings. The third kappa shape index (κ3) is 7.67. The number of carbonyl (C=O) groups is 1. The Morgan fingerprint density at radius 1 is 1.07 bits per heavy atom. The molecule has 2 aromatic rings. The first kappa shape index (κ1) is 22.5. The highest BCUT2D eigenvalue weighted by Gasteiger charge is 2.06. The number of benzene rings is 2. The lowest BCUT2D eigenvalue weighted by Crippen LogP contribution is -2.26. The highest BCUT2D eigenvalue weighted by molar-refractivity contribution is 7.80. The summed E-state index contributed by atoms with van der Waals surface area (Å²) in [4.78, 5) is 15.9. The smallest absolute Gasteiger partial charge is 0.256 e. The van der Waals surface area contributed by atoms with E-state index in [0.29, 0.717) is 10.6 Å². The zero-order valence-electron chi connectivity index (χ0n) is 16.7. The second-order valence-corrected chi connectivity index (χ2v) is 6.50. The maximum atomic E-state index is 11.3. The molecule has 0 atom stereocenters. The van der Waals surface area contributed by atoms with E-state index in [4.69, 9.17) is 12.2 Å². The van der Waals surface area contributed by atoms with Gasteiger partial charge in [0.1, 0.15) is 0 Å². The molecule has 0 aliphatic carbocycles. The minimum atomic E-state index is -0.150. The number of nitrogens with zero attached hydrogens (tertiary/aromatic N) is 1. The van der Waals surface area contributed by atoms with Crippen molar-refractivity contribution in [1.29, 1.82) is 0 Å². The monoisotopic (exact) mass is 380 g/mol. The van der Waals surface area contributed by atoms with E-state index in [1.165, 1.54) is 22.3 Å². The molecule has 3 nitrogen and oxygen atoms in total. The van der Waals surface area contributed by atoms with Crippen LogP contribution in [0.5, 0.6) is 0 Å². The van der Waals surface area contributed by atoms with Crippen LogP contribution in [-0.4, -0.2) is 17.1 Å². The molecule has 0 bridgehead atoms. The fraction of sp³-hybridized carbons (Fsp3) is 0.261. The van der Waals surface area contributed by atoms with Gasteiger partial charge in [-0.25, -0.2) is 0 Å². The zero-order chi connectivity index (χ0) is 20.2. The van der Waals surface area contributed by atoms with Gasteiger partial charge in [0.05, 0.1) is 4.99 Å². The van der Waals surface area contributed by atoms with Gasteiger partial charge in [0.25, 0.3) is 5.91 Å². The number of carbonyl (C=O) groups excluding carboxylic acids is 1. The molecule has 27 heavy (non-hydrogen) atoms. The molecule has 1 N–H and O–H groups in total. The Hall–Kier alpha value is -2.59. The van der Waals surface area contributed by atoms with Crippen molar-refractivity contribution >= 4 is 34.9 Å². The van der Waals surface area contributed by atoms with Crippen molar-refractivity contribution in [2.45, 2.75) is 41.0 Å². The van der Waals surface area contributed by atoms with Crippen LogP contribution in [0.3, 0.4) is 0 Å². The Morgan fingerprint density at radius 3 is 2.26 bits per heavy atom. The number of rotatable bonds is 2. The van der Waals surface area contributed by atoms with Crippen molar-refractivity contribution < 1.29 is 4.79 Å². The Bertz CT molecular complexity index is 824. The fourth-order valence-corrected chi connectivity index (χ4v) is 2.61. The summed E-state index contributed by atoms with van der Waals surface area (Å²) >= 11 is 4.74. The van der Waals surface area contributed by atoms with Crippen LogP contribution in [0.15, 0.2) is 59.7 Å². The summed E-state index contributed by atoms with van der Waals surface area (Å²) in [5.74, 6) is -0.150. The third-order valence-electron chi connectivity index (χ3n) is 3.70. The predicted octanol–water partition coefficient (Wildman–Crippen LogP) is 5.91. The summed E-state index contributed by atoms with van der Waals surface area (Å²) in [7, 11) is 0. The van der Waals surface area contributed by atoms with Gasteiger partial charge in [-0.3, -0.25) is 9.79 Å². The summed E-state index contributed by atoms with van der Waals surface area (Å²) < 4.78 is 0. The van der Waals surface area contributed by atoms with E-state index in [1.54, 1.807) is 19.1 Å². The summed E-state index contributed by atoms with van der Waals surface area (Å²) in [5, 5.41) is 2.55. The van der Waals surface area contributed by atoms with Crippen molar-refractivity contribution in [3.63, 3.8) is 0 Å². The summed E-state index contributed by atoms with van der Waals surface area (Å²) in [5.41, 5.74) is 5.96. The number of nitrogens with one attached hydrogen (secondary N) is 1. The molecule has 2 aromatic carbocycles. The molecule has 0 spiro atoms. The minimum absolute atomic E-state index is 0.150. The van der Waals surface area contributed by atoms with E-state index >= 15 is 0 Å². The SMILES string of the molecule is CC.CC(=S)NC(=O)c1ccccc1.Cc1ccc(C2=CN=CC2)c(C)c1. The van der Waals surface area contributed by atoms with Crippen LogP contribution in [0.25, 0.3) is 5.57 Å². The normalized spacial score (nSPS) is 11.4. The van der Waals surface area contributed by atoms with Gasteiger partial charge >= 0.3 is 0 Å². The summed E-state index contributed by atoms with van der Waals surface area (Å²) in [6, 6.07) is 15.5. The van der Waals surface area contributed by atoms with E-state index in [9.17, 15) is 4.79 Å². The first-order valence-electron chi connectivity index (χ1n) is 9.12. The summed E-state index contributed by atoms with van der Waals surface area (Å²) in [6.45, 7) is 9.95. The lowest BCUT2D eigenvalue weighted by Gasteiger charge is -2.06. The third-order valence-corrected chi connectivity index (χ3v) is 3.80. The number of aliphatic imine (C=N–C) groups is 1. The fourth-order valence-electron chi connectivity index (χ4n) is 2.52. The molecule has 1 amide bonds. The molecular formula is C23H28N2OS. The van der Waals surface area contributed by atoms with E-state index in [1.807, 2.05) is 44.5 Å². The van der Waals surface area contributed by atoms with Crippen LogP contribution in [0.2, 0.25) is 0 Å². The van der Waals surface area contributed by atoms with Crippen LogP contribution in [0.4, 0.5) is 0 Å². The second kappa shape index (κ2) is 11.9. The lowest BCUT2D eigenvalue weighted by molar-refractivity contribution is 0.0977. The Morgan fingerprint density at radius 2 is 1.74 bits per heavy atom. The first-order chi connectivity index (χ1) is 13.0. The molecule has 142 valence electrons. The standard InChI is InChI=1S/C12H13N.C9H9NOS.C2H6/c1-9-3-4-12(10(2)7-9)11-5-6-13-8-11;1-7(12)10-9(11)8-5-3-2-4-6-8;1-2/h3-4,6-8H,5H2,1-2H3;2-6H,1H3,(H,10,11,12);1-2H3. The maximum absolute atomic E-state index is 11.3. The maximum Gasteiger partial charge on any atom is 0.256 e. The van der Waals surface area contributed by atoms with Gasteiger partial charge < -0.3 is 5.32 Å². The summed E-state index contributed by atoms with van der Waals surface area (Å²) in [6.07, 6.45) is 4.89. The van der Waals surface area contributed by atoms with Crippen LogP contribution in [0.1, 0.15) is 54.2 Å². The molecule has 1 aliphatic heterocycles. The van der Waals surface area contributed by atoms with Crippen LogP contribution in [0, 0.1) is 13.8 Å². The van der Waals surface area contributed by atoms with E-state index < -0.39 is 0 Å². The van der Waals surface area contributed by atoms with Gasteiger partial charge in [0.2, 0.25) is 0 Å². The predicted molar refractivity (Wildman–Crippen MR) is 121 cm³/mol. The highest BCUT2D eigenvalue weighted by Crippen LogP contribution is 2.24. The van der Waals surface area contributed by atoms with Gasteiger partial charge in [-0.2, -0.15) is 0 Å². The molecule has 0 saturated heterocycles. The topological polar surface area (TPSA) is 41.5 Å². The first-order valence-corrected chi connectivity index (χ1v) is 9.53. The second-order valence-electron chi connectivity index (χ2n) is 5.88. The van der Waals surface area contributed by atoms with Gasteiger partial charge in [0, 0.05) is 24.4 Å². The molecule has 0 unspecified atom stereocenters. The van der Waals surface area contributed by atoms with Crippen molar-refractivity contribution in [1.82, 2.24) is 5.32 Å². The largest absolute Gasteiger partial charge is 0.317 e. The Labute approximate surface area is 168 Å². The Balaban J connectivity index is 0.000000248. The quantitative estimate of drug-likeness (QED) is 0.658. The minimum Gasteiger partial charge on any atom is -0.317 e. The van der Waals surface area contributed by atoms with Crippen LogP contribution >= 0.6 is 12.2 Å². The number of hydrogen-bond acceptors (Lipinski definition) is 3. The molecule has 1 heterocycles. The lowest BCUT2D eigenvalue weighted by atomic mass is 9.98. The van der Waals surface area contributed by atoms with Crippen molar-refractivity contribution in [3.05, 3.63) is 77.0 Å². The number of thiocarbonyl (C=S) groups is 1. The number of hydrogen-bond donors (Lipinski definition) is 1. The highest BCUT2D eigenvalue weighted by atomic mass is 32.1. The molecule has 0 radical (unpaired) electrons. The van der Waals surface area contributed by atoms with Crippen molar-refractivity contribution in [2.75, 3.05) is 0 Å². The number of amides is 1. The van der Waals surface area contributed by atoms with Gasteiger partial charge in [-0.05, 0) is 49.6 Å². The van der Waals surface area contributed by atoms with Crippen LogP contribution < -0.4 is 5.32 Å². The van der Waals surface area contributed by atoms with E-state index in [0.717, 1.165) is 6.42 Å². The molecule has 0 aromatic heterocycles. The molecule has 0 saturated carbocycles. The van der Waals surface area contributed by atoms with Gasteiger partial charge in [-0.15, -0.1) is 0 Å². The zero-order valence-corrected chi connectivity index (χ0v) is 17.6. The Kier molecular flexibility index (Phi) is 9.91. The van der Waals surface area contributed by atoms with E-state index in [-0.39, 0.29) is 5.91 Å². The average Bonchev–Trinajstić information content (AvgIpc) is 3.18. The molecule has 0 fully saturated rings. The van der Waals surface area contributed by atoms with Gasteiger partial charge in [0.15, 0.2) is 0 Å².